The average molecular weight is 487 g/mol. The second-order valence-electron chi connectivity index (χ2n) is 14.6. The summed E-state index contributed by atoms with van der Waals surface area (Å²) in [6.45, 7) is 13.6. The molecule has 3 fully saturated rings. The van der Waals surface area contributed by atoms with Crippen LogP contribution in [0, 0.1) is 52.3 Å². The van der Waals surface area contributed by atoms with Gasteiger partial charge in [-0.3, -0.25) is 0 Å². The van der Waals surface area contributed by atoms with Crippen molar-refractivity contribution in [3.63, 3.8) is 0 Å². The molecule has 4 aliphatic rings. The zero-order valence-electron chi connectivity index (χ0n) is 24.2. The van der Waals surface area contributed by atoms with Crippen LogP contribution in [0.25, 0.3) is 0 Å². The molecule has 10 atom stereocenters. The predicted octanol–water partition coefficient (Wildman–Crippen LogP) is 6.89. The molecule has 3 saturated carbocycles. The van der Waals surface area contributed by atoms with Crippen LogP contribution in [-0.2, 0) is 0 Å². The molecule has 0 aromatic carbocycles. The van der Waals surface area contributed by atoms with Gasteiger partial charge in [0.15, 0.2) is 0 Å². The van der Waals surface area contributed by atoms with E-state index in [1.165, 1.54) is 51.4 Å². The third kappa shape index (κ3) is 5.17. The first-order chi connectivity index (χ1) is 16.5. The van der Waals surface area contributed by atoms with Gasteiger partial charge in [-0.1, -0.05) is 65.5 Å². The Morgan fingerprint density at radius 3 is 2.46 bits per heavy atom. The molecule has 4 aliphatic carbocycles. The van der Waals surface area contributed by atoms with Crippen molar-refractivity contribution in [3.8, 4) is 0 Å². The van der Waals surface area contributed by atoms with E-state index in [0.717, 1.165) is 61.3 Å². The first kappa shape index (κ1) is 27.6. The third-order valence-corrected chi connectivity index (χ3v) is 11.9. The molecule has 3 heteroatoms. The zero-order chi connectivity index (χ0) is 25.5. The standard InChI is InChI=1S/C32H58N2O/c1-21(2)9-8-10-22(3)26-13-14-27-25-12-11-23-19-24(35)20-29(30(33)16-18-34(6)7)32(23,5)28(25)15-17-31(26,27)4/h11,21-22,24-30,35H,8-10,12-20,33H2,1-7H3/t22-,24-,25+,26-,27+,28+,29?,30?,31-,32+/m1/s1. The highest BCUT2D eigenvalue weighted by Crippen LogP contribution is 2.68. The topological polar surface area (TPSA) is 49.5 Å². The number of fused-ring (bicyclic) bond motifs is 5. The number of nitrogens with zero attached hydrogens (tertiary/aromatic N) is 1. The summed E-state index contributed by atoms with van der Waals surface area (Å²) in [5.74, 6) is 5.45. The lowest BCUT2D eigenvalue weighted by Gasteiger charge is -2.61. The van der Waals surface area contributed by atoms with E-state index in [1.54, 1.807) is 5.57 Å². The molecule has 4 rings (SSSR count). The Morgan fingerprint density at radius 2 is 1.77 bits per heavy atom. The minimum atomic E-state index is -0.210. The van der Waals surface area contributed by atoms with E-state index in [2.05, 4.69) is 59.7 Å². The van der Waals surface area contributed by atoms with Gasteiger partial charge in [0.25, 0.3) is 0 Å². The van der Waals surface area contributed by atoms with Crippen LogP contribution in [0.2, 0.25) is 0 Å². The van der Waals surface area contributed by atoms with Crippen LogP contribution >= 0.6 is 0 Å². The molecule has 0 aromatic heterocycles. The Balaban J connectivity index is 1.54. The number of nitrogens with two attached hydrogens (primary N) is 1. The van der Waals surface area contributed by atoms with E-state index in [-0.39, 0.29) is 17.6 Å². The number of hydrogen-bond acceptors (Lipinski definition) is 3. The van der Waals surface area contributed by atoms with Gasteiger partial charge in [-0.05, 0) is 124 Å². The molecule has 3 N–H and O–H groups in total. The van der Waals surface area contributed by atoms with Gasteiger partial charge in [0.05, 0.1) is 6.10 Å². The number of allylic oxidation sites excluding steroid dienone is 1. The summed E-state index contributed by atoms with van der Waals surface area (Å²) in [6, 6.07) is 0.171. The van der Waals surface area contributed by atoms with Crippen molar-refractivity contribution < 1.29 is 5.11 Å². The molecule has 35 heavy (non-hydrogen) atoms. The van der Waals surface area contributed by atoms with Crippen LogP contribution in [0.5, 0.6) is 0 Å². The lowest BCUT2D eigenvalue weighted by Crippen LogP contribution is -2.57. The number of rotatable bonds is 9. The predicted molar refractivity (Wildman–Crippen MR) is 149 cm³/mol. The van der Waals surface area contributed by atoms with Crippen LogP contribution < -0.4 is 5.73 Å². The second-order valence-corrected chi connectivity index (χ2v) is 14.6. The van der Waals surface area contributed by atoms with Crippen LogP contribution in [0.3, 0.4) is 0 Å². The number of hydrogen-bond donors (Lipinski definition) is 2. The average Bonchev–Trinajstić information content (AvgIpc) is 3.14. The Morgan fingerprint density at radius 1 is 1.03 bits per heavy atom. The fraction of sp³-hybridized carbons (Fsp3) is 0.938. The summed E-state index contributed by atoms with van der Waals surface area (Å²) in [6.07, 6.45) is 16.3. The summed E-state index contributed by atoms with van der Waals surface area (Å²) < 4.78 is 0. The van der Waals surface area contributed by atoms with Gasteiger partial charge in [0.2, 0.25) is 0 Å². The van der Waals surface area contributed by atoms with Crippen molar-refractivity contribution in [3.05, 3.63) is 11.6 Å². The van der Waals surface area contributed by atoms with E-state index >= 15 is 0 Å². The highest BCUT2D eigenvalue weighted by Gasteiger charge is 2.61. The van der Waals surface area contributed by atoms with Gasteiger partial charge in [0.1, 0.15) is 0 Å². The molecule has 0 aliphatic heterocycles. The molecule has 3 nitrogen and oxygen atoms in total. The molecular formula is C32H58N2O. The van der Waals surface area contributed by atoms with Gasteiger partial charge in [-0.2, -0.15) is 0 Å². The normalized spacial score (nSPS) is 42.9. The summed E-state index contributed by atoms with van der Waals surface area (Å²) in [7, 11) is 4.29. The quantitative estimate of drug-likeness (QED) is 0.349. The fourth-order valence-corrected chi connectivity index (χ4v) is 10.0. The third-order valence-electron chi connectivity index (χ3n) is 11.9. The molecule has 0 saturated heterocycles. The van der Waals surface area contributed by atoms with Gasteiger partial charge < -0.3 is 15.7 Å². The van der Waals surface area contributed by atoms with Gasteiger partial charge in [0, 0.05) is 6.04 Å². The SMILES string of the molecule is CC(C)CCC[C@@H](C)[C@H]1CC[C@H]2[C@@H]3CC=C4C[C@@H](O)CC(C(N)CCN(C)C)[C@]4(C)[C@H]3CC[C@]12C. The largest absolute Gasteiger partial charge is 0.393 e. The lowest BCUT2D eigenvalue weighted by atomic mass is 9.44. The van der Waals surface area contributed by atoms with Gasteiger partial charge in [-0.15, -0.1) is 0 Å². The Hall–Kier alpha value is -0.380. The molecule has 0 bridgehead atoms. The maximum atomic E-state index is 10.8. The Labute approximate surface area is 217 Å². The number of aliphatic hydroxyl groups is 1. The van der Waals surface area contributed by atoms with Crippen molar-refractivity contribution in [2.75, 3.05) is 20.6 Å². The highest BCUT2D eigenvalue weighted by atomic mass is 16.3. The van der Waals surface area contributed by atoms with Crippen molar-refractivity contribution in [2.45, 2.75) is 117 Å². The van der Waals surface area contributed by atoms with Gasteiger partial charge in [-0.25, -0.2) is 0 Å². The Bertz CT molecular complexity index is 746. The molecule has 0 spiro atoms. The lowest BCUT2D eigenvalue weighted by molar-refractivity contribution is -0.0843. The van der Waals surface area contributed by atoms with Crippen LogP contribution in [0.15, 0.2) is 11.6 Å². The summed E-state index contributed by atoms with van der Waals surface area (Å²) in [5, 5.41) is 10.8. The van der Waals surface area contributed by atoms with Crippen LogP contribution in [0.4, 0.5) is 0 Å². The molecule has 202 valence electrons. The molecule has 0 amide bonds. The van der Waals surface area contributed by atoms with E-state index in [4.69, 9.17) is 5.73 Å². The van der Waals surface area contributed by atoms with Crippen molar-refractivity contribution >= 4 is 0 Å². The summed E-state index contributed by atoms with van der Waals surface area (Å²) >= 11 is 0. The first-order valence-corrected chi connectivity index (χ1v) is 15.3. The molecule has 0 aromatic rings. The highest BCUT2D eigenvalue weighted by molar-refractivity contribution is 5.28. The van der Waals surface area contributed by atoms with Crippen LogP contribution in [-0.4, -0.2) is 42.8 Å². The van der Waals surface area contributed by atoms with E-state index in [9.17, 15) is 5.11 Å². The van der Waals surface area contributed by atoms with Crippen LogP contribution in [0.1, 0.15) is 105 Å². The van der Waals surface area contributed by atoms with E-state index < -0.39 is 0 Å². The monoisotopic (exact) mass is 486 g/mol. The Kier molecular flexibility index (Phi) is 8.51. The minimum Gasteiger partial charge on any atom is -0.393 e. The smallest absolute Gasteiger partial charge is 0.0581 e. The van der Waals surface area contributed by atoms with Gasteiger partial charge >= 0.3 is 0 Å². The maximum absolute atomic E-state index is 10.8. The first-order valence-electron chi connectivity index (χ1n) is 15.3. The fourth-order valence-electron chi connectivity index (χ4n) is 10.0. The molecule has 0 heterocycles. The maximum Gasteiger partial charge on any atom is 0.0581 e. The van der Waals surface area contributed by atoms with Crippen molar-refractivity contribution in [2.24, 2.45) is 58.0 Å². The number of aliphatic hydroxyl groups excluding tert-OH is 1. The summed E-state index contributed by atoms with van der Waals surface area (Å²) in [5.41, 5.74) is 9.23. The van der Waals surface area contributed by atoms with E-state index in [1.807, 2.05) is 0 Å². The second kappa shape index (κ2) is 10.8. The van der Waals surface area contributed by atoms with E-state index in [0.29, 0.717) is 11.3 Å². The summed E-state index contributed by atoms with van der Waals surface area (Å²) in [4.78, 5) is 2.26. The minimum absolute atomic E-state index is 0.171. The molecule has 0 radical (unpaired) electrons. The zero-order valence-corrected chi connectivity index (χ0v) is 24.2. The van der Waals surface area contributed by atoms with Crippen molar-refractivity contribution in [1.82, 2.24) is 4.90 Å². The van der Waals surface area contributed by atoms with Crippen molar-refractivity contribution in [1.29, 1.82) is 0 Å². The molecular weight excluding hydrogens is 428 g/mol. The molecule has 2 unspecified atom stereocenters.